The van der Waals surface area contributed by atoms with Crippen LogP contribution in [0, 0.1) is 6.92 Å². The van der Waals surface area contributed by atoms with Crippen LogP contribution in [0.2, 0.25) is 0 Å². The first-order valence-electron chi connectivity index (χ1n) is 10.3. The Balaban J connectivity index is 1.25. The molecule has 1 unspecified atom stereocenters. The summed E-state index contributed by atoms with van der Waals surface area (Å²) in [4.78, 5) is 18.2. The number of nitrogens with one attached hydrogen (secondary N) is 1. The van der Waals surface area contributed by atoms with Crippen LogP contribution in [0.3, 0.4) is 0 Å². The smallest absolute Gasteiger partial charge is 0.414 e. The van der Waals surface area contributed by atoms with Gasteiger partial charge in [0.15, 0.2) is 0 Å². The molecule has 1 amide bonds. The molecule has 1 fully saturated rings. The van der Waals surface area contributed by atoms with Gasteiger partial charge in [0.2, 0.25) is 21.7 Å². The standard InChI is InChI=1S/C23H20N4O5S/c1-15-25-22(26-32-15)17-6-9-19(10-7-17)27-14-20(31-23(27)28)13-24-33(29,30)21-11-8-16-4-2-3-5-18(16)12-21/h2-12,20,24H,13-14H2,1H3. The minimum absolute atomic E-state index is 0.0301. The molecule has 2 heterocycles. The molecule has 0 spiro atoms. The largest absolute Gasteiger partial charge is 0.443 e. The summed E-state index contributed by atoms with van der Waals surface area (Å²) >= 11 is 0. The van der Waals surface area contributed by atoms with Crippen molar-refractivity contribution in [2.45, 2.75) is 17.9 Å². The Labute approximate surface area is 190 Å². The first-order chi connectivity index (χ1) is 15.9. The van der Waals surface area contributed by atoms with Gasteiger partial charge >= 0.3 is 6.09 Å². The summed E-state index contributed by atoms with van der Waals surface area (Å²) in [5.41, 5.74) is 1.38. The maximum absolute atomic E-state index is 12.8. The lowest BCUT2D eigenvalue weighted by molar-refractivity contribution is 0.143. The van der Waals surface area contributed by atoms with Gasteiger partial charge in [-0.15, -0.1) is 0 Å². The molecule has 0 bridgehead atoms. The maximum atomic E-state index is 12.8. The average Bonchev–Trinajstić information content (AvgIpc) is 3.43. The molecule has 0 saturated carbocycles. The third-order valence-electron chi connectivity index (χ3n) is 5.37. The van der Waals surface area contributed by atoms with Crippen LogP contribution >= 0.6 is 0 Å². The Kier molecular flexibility index (Phi) is 5.31. The van der Waals surface area contributed by atoms with E-state index in [1.807, 2.05) is 24.3 Å². The third-order valence-corrected chi connectivity index (χ3v) is 6.79. The lowest BCUT2D eigenvalue weighted by Crippen LogP contribution is -2.34. The van der Waals surface area contributed by atoms with Crippen molar-refractivity contribution < 1.29 is 22.5 Å². The van der Waals surface area contributed by atoms with Gasteiger partial charge in [0.1, 0.15) is 6.10 Å². The van der Waals surface area contributed by atoms with Gasteiger partial charge < -0.3 is 9.26 Å². The number of anilines is 1. The van der Waals surface area contributed by atoms with E-state index in [2.05, 4.69) is 14.9 Å². The van der Waals surface area contributed by atoms with Crippen LogP contribution in [0.4, 0.5) is 10.5 Å². The maximum Gasteiger partial charge on any atom is 0.414 e. The molecule has 4 aromatic rings. The van der Waals surface area contributed by atoms with Crippen molar-refractivity contribution in [3.63, 3.8) is 0 Å². The fourth-order valence-electron chi connectivity index (χ4n) is 3.67. The van der Waals surface area contributed by atoms with Crippen LogP contribution in [0.1, 0.15) is 5.89 Å². The second-order valence-electron chi connectivity index (χ2n) is 7.66. The summed E-state index contributed by atoms with van der Waals surface area (Å²) in [7, 11) is -3.76. The summed E-state index contributed by atoms with van der Waals surface area (Å²) in [5, 5.41) is 5.66. The van der Waals surface area contributed by atoms with Gasteiger partial charge in [0.25, 0.3) is 0 Å². The van der Waals surface area contributed by atoms with Gasteiger partial charge in [0, 0.05) is 24.7 Å². The Morgan fingerprint density at radius 2 is 1.82 bits per heavy atom. The highest BCUT2D eigenvalue weighted by atomic mass is 32.2. The number of cyclic esters (lactones) is 1. The van der Waals surface area contributed by atoms with Crippen LogP contribution in [-0.4, -0.2) is 43.8 Å². The normalized spacial score (nSPS) is 16.3. The van der Waals surface area contributed by atoms with Crippen molar-refractivity contribution >= 4 is 32.6 Å². The molecule has 1 N–H and O–H groups in total. The van der Waals surface area contributed by atoms with E-state index in [0.29, 0.717) is 17.4 Å². The number of carbonyl (C=O) groups excluding carboxylic acids is 1. The molecule has 168 valence electrons. The number of hydrogen-bond acceptors (Lipinski definition) is 7. The highest BCUT2D eigenvalue weighted by molar-refractivity contribution is 7.89. The lowest BCUT2D eigenvalue weighted by Gasteiger charge is -2.13. The summed E-state index contributed by atoms with van der Waals surface area (Å²) in [5.74, 6) is 0.926. The van der Waals surface area contributed by atoms with Crippen molar-refractivity contribution in [1.29, 1.82) is 0 Å². The number of ether oxygens (including phenoxy) is 1. The first kappa shape index (κ1) is 21.1. The van der Waals surface area contributed by atoms with Gasteiger partial charge in [-0.3, -0.25) is 4.90 Å². The van der Waals surface area contributed by atoms with Crippen LogP contribution in [0.15, 0.2) is 76.1 Å². The summed E-state index contributed by atoms with van der Waals surface area (Å²) < 4.78 is 38.4. The van der Waals surface area contributed by atoms with Gasteiger partial charge in [-0.2, -0.15) is 4.98 Å². The van der Waals surface area contributed by atoms with Crippen LogP contribution in [0.25, 0.3) is 22.2 Å². The molecule has 1 saturated heterocycles. The number of nitrogens with zero attached hydrogens (tertiary/aromatic N) is 3. The second kappa shape index (κ2) is 8.30. The molecule has 3 aromatic carbocycles. The highest BCUT2D eigenvalue weighted by Gasteiger charge is 2.33. The Morgan fingerprint density at radius 1 is 1.06 bits per heavy atom. The average molecular weight is 465 g/mol. The number of aromatic nitrogens is 2. The zero-order valence-electron chi connectivity index (χ0n) is 17.6. The molecule has 9 nitrogen and oxygen atoms in total. The Bertz CT molecular complexity index is 1430. The van der Waals surface area contributed by atoms with Crippen molar-refractivity contribution in [3.05, 3.63) is 72.6 Å². The molecule has 1 aliphatic heterocycles. The van der Waals surface area contributed by atoms with Crippen molar-refractivity contribution in [3.8, 4) is 11.4 Å². The van der Waals surface area contributed by atoms with E-state index < -0.39 is 22.2 Å². The SMILES string of the molecule is Cc1nc(-c2ccc(N3CC(CNS(=O)(=O)c4ccc5ccccc5c4)OC3=O)cc2)no1. The quantitative estimate of drug-likeness (QED) is 0.464. The molecule has 1 aliphatic rings. The van der Waals surface area contributed by atoms with E-state index >= 15 is 0 Å². The van der Waals surface area contributed by atoms with E-state index in [-0.39, 0.29) is 18.0 Å². The lowest BCUT2D eigenvalue weighted by atomic mass is 10.1. The van der Waals surface area contributed by atoms with E-state index in [9.17, 15) is 13.2 Å². The van der Waals surface area contributed by atoms with Crippen molar-refractivity contribution in [1.82, 2.24) is 14.9 Å². The number of amides is 1. The molecule has 33 heavy (non-hydrogen) atoms. The number of sulfonamides is 1. The van der Waals surface area contributed by atoms with Gasteiger partial charge in [0.05, 0.1) is 11.4 Å². The fraction of sp³-hybridized carbons (Fsp3) is 0.174. The predicted octanol–water partition coefficient (Wildman–Crippen LogP) is 3.50. The van der Waals surface area contributed by atoms with Gasteiger partial charge in [-0.25, -0.2) is 17.9 Å². The van der Waals surface area contributed by atoms with Crippen LogP contribution in [-0.2, 0) is 14.8 Å². The summed E-state index contributed by atoms with van der Waals surface area (Å²) in [6.45, 7) is 1.90. The minimum Gasteiger partial charge on any atom is -0.443 e. The van der Waals surface area contributed by atoms with Crippen LogP contribution < -0.4 is 9.62 Å². The topological polar surface area (TPSA) is 115 Å². The fourth-order valence-corrected chi connectivity index (χ4v) is 4.77. The van der Waals surface area contributed by atoms with E-state index in [1.165, 1.54) is 4.90 Å². The summed E-state index contributed by atoms with van der Waals surface area (Å²) in [6.07, 6.45) is -1.15. The number of aryl methyl sites for hydroxylation is 1. The van der Waals surface area contributed by atoms with E-state index in [0.717, 1.165) is 16.3 Å². The van der Waals surface area contributed by atoms with Crippen molar-refractivity contribution in [2.75, 3.05) is 18.0 Å². The van der Waals surface area contributed by atoms with E-state index in [1.54, 1.807) is 49.4 Å². The molecular weight excluding hydrogens is 444 g/mol. The minimum atomic E-state index is -3.76. The van der Waals surface area contributed by atoms with Gasteiger partial charge in [-0.05, 0) is 47.2 Å². The first-order valence-corrected chi connectivity index (χ1v) is 11.7. The number of fused-ring (bicyclic) bond motifs is 1. The number of rotatable bonds is 6. The number of carbonyl (C=O) groups is 1. The molecule has 1 aromatic heterocycles. The Hall–Kier alpha value is -3.76. The molecule has 5 rings (SSSR count). The molecule has 0 aliphatic carbocycles. The zero-order chi connectivity index (χ0) is 23.0. The third kappa shape index (κ3) is 4.30. The van der Waals surface area contributed by atoms with Gasteiger partial charge in [-0.1, -0.05) is 35.5 Å². The molecule has 10 heteroatoms. The molecular formula is C23H20N4O5S. The second-order valence-corrected chi connectivity index (χ2v) is 9.43. The number of benzene rings is 3. The highest BCUT2D eigenvalue weighted by Crippen LogP contribution is 2.25. The van der Waals surface area contributed by atoms with Crippen LogP contribution in [0.5, 0.6) is 0 Å². The molecule has 1 atom stereocenters. The summed E-state index contributed by atoms with van der Waals surface area (Å²) in [6, 6.07) is 19.5. The monoisotopic (exact) mass is 464 g/mol. The Morgan fingerprint density at radius 3 is 2.55 bits per heavy atom. The zero-order valence-corrected chi connectivity index (χ0v) is 18.5. The molecule has 0 radical (unpaired) electrons. The number of hydrogen-bond donors (Lipinski definition) is 1. The van der Waals surface area contributed by atoms with Crippen molar-refractivity contribution in [2.24, 2.45) is 0 Å². The van der Waals surface area contributed by atoms with E-state index in [4.69, 9.17) is 9.26 Å². The predicted molar refractivity (Wildman–Crippen MR) is 121 cm³/mol.